The molecule has 0 aliphatic carbocycles. The van der Waals surface area contributed by atoms with E-state index in [0.717, 1.165) is 16.9 Å². The number of thioether (sulfide) groups is 1. The highest BCUT2D eigenvalue weighted by Gasteiger charge is 2.47. The highest BCUT2D eigenvalue weighted by molar-refractivity contribution is 8.05. The van der Waals surface area contributed by atoms with Gasteiger partial charge in [0.25, 0.3) is 11.6 Å². The molecule has 1 heterocycles. The smallest absolute Gasteiger partial charge is 0.269 e. The molecular weight excluding hydrogens is 412 g/mol. The Morgan fingerprint density at radius 2 is 1.65 bits per heavy atom. The SMILES string of the molecule is COc1ccc(/C=C2/SC(C)(c3ccccc3)N(c3ccc([N+](=O)[O-])cc3)C2=O)cc1. The molecule has 6 nitrogen and oxygen atoms in total. The average molecular weight is 433 g/mol. The summed E-state index contributed by atoms with van der Waals surface area (Å²) in [6.07, 6.45) is 1.86. The standard InChI is InChI=1S/C24H20N2O4S/c1-24(18-6-4-3-5-7-18)25(19-10-12-20(13-11-19)26(28)29)23(27)22(31-24)16-17-8-14-21(30-2)15-9-17/h3-16H,1-2H3/b22-16+. The van der Waals surface area contributed by atoms with E-state index >= 15 is 0 Å². The summed E-state index contributed by atoms with van der Waals surface area (Å²) < 4.78 is 5.20. The van der Waals surface area contributed by atoms with Crippen LogP contribution in [0.5, 0.6) is 5.75 Å². The number of hydrogen-bond acceptors (Lipinski definition) is 5. The molecule has 31 heavy (non-hydrogen) atoms. The van der Waals surface area contributed by atoms with Crippen molar-refractivity contribution in [2.75, 3.05) is 12.0 Å². The van der Waals surface area contributed by atoms with E-state index in [0.29, 0.717) is 10.6 Å². The maximum Gasteiger partial charge on any atom is 0.269 e. The largest absolute Gasteiger partial charge is 0.497 e. The molecule has 1 saturated heterocycles. The van der Waals surface area contributed by atoms with E-state index in [2.05, 4.69) is 0 Å². The third kappa shape index (κ3) is 3.92. The first-order valence-electron chi connectivity index (χ1n) is 9.62. The fraction of sp³-hybridized carbons (Fsp3) is 0.125. The van der Waals surface area contributed by atoms with Crippen LogP contribution in [0.25, 0.3) is 6.08 Å². The molecule has 1 atom stereocenters. The maximum absolute atomic E-state index is 13.5. The zero-order valence-corrected chi connectivity index (χ0v) is 17.8. The van der Waals surface area contributed by atoms with Crippen LogP contribution < -0.4 is 9.64 Å². The van der Waals surface area contributed by atoms with Crippen LogP contribution in [0.1, 0.15) is 18.1 Å². The van der Waals surface area contributed by atoms with Crippen molar-refractivity contribution >= 4 is 35.1 Å². The van der Waals surface area contributed by atoms with Crippen molar-refractivity contribution in [1.29, 1.82) is 0 Å². The molecule has 4 rings (SSSR count). The van der Waals surface area contributed by atoms with E-state index < -0.39 is 9.79 Å². The summed E-state index contributed by atoms with van der Waals surface area (Å²) in [6.45, 7) is 1.99. The Hall–Kier alpha value is -3.58. The third-order valence-corrected chi connectivity index (χ3v) is 6.52. The lowest BCUT2D eigenvalue weighted by Gasteiger charge is -2.34. The number of nitrogens with zero attached hydrogens (tertiary/aromatic N) is 2. The van der Waals surface area contributed by atoms with Crippen molar-refractivity contribution in [1.82, 2.24) is 0 Å². The van der Waals surface area contributed by atoms with E-state index in [4.69, 9.17) is 4.74 Å². The lowest BCUT2D eigenvalue weighted by molar-refractivity contribution is -0.384. The van der Waals surface area contributed by atoms with Crippen LogP contribution in [-0.2, 0) is 9.67 Å². The molecule has 0 aromatic heterocycles. The van der Waals surface area contributed by atoms with Gasteiger partial charge in [-0.3, -0.25) is 19.8 Å². The summed E-state index contributed by atoms with van der Waals surface area (Å²) in [5.41, 5.74) is 2.44. The number of non-ortho nitro benzene ring substituents is 1. The number of hydrogen-bond donors (Lipinski definition) is 0. The number of benzene rings is 3. The molecule has 156 valence electrons. The molecule has 0 bridgehead atoms. The van der Waals surface area contributed by atoms with Crippen molar-refractivity contribution in [2.24, 2.45) is 0 Å². The minimum absolute atomic E-state index is 0.0153. The van der Waals surface area contributed by atoms with Gasteiger partial charge in [-0.2, -0.15) is 0 Å². The zero-order valence-electron chi connectivity index (χ0n) is 17.0. The number of ether oxygens (including phenoxy) is 1. The molecule has 0 N–H and O–H groups in total. The first-order chi connectivity index (χ1) is 14.9. The third-order valence-electron chi connectivity index (χ3n) is 5.19. The molecule has 7 heteroatoms. The van der Waals surface area contributed by atoms with Crippen molar-refractivity contribution < 1.29 is 14.5 Å². The van der Waals surface area contributed by atoms with Crippen LogP contribution in [0.2, 0.25) is 0 Å². The summed E-state index contributed by atoms with van der Waals surface area (Å²) in [5.74, 6) is 0.593. The second kappa shape index (κ2) is 8.28. The normalized spacial score (nSPS) is 19.6. The Labute approximate surface area is 184 Å². The average Bonchev–Trinajstić information content (AvgIpc) is 3.05. The van der Waals surface area contributed by atoms with Crippen LogP contribution >= 0.6 is 11.8 Å². The number of nitro groups is 1. The number of rotatable bonds is 5. The summed E-state index contributed by atoms with van der Waals surface area (Å²) in [5, 5.41) is 11.1. The van der Waals surface area contributed by atoms with Crippen molar-refractivity contribution in [2.45, 2.75) is 11.8 Å². The van der Waals surface area contributed by atoms with Gasteiger partial charge in [0.1, 0.15) is 10.6 Å². The molecule has 1 aliphatic heterocycles. The van der Waals surface area contributed by atoms with Crippen molar-refractivity contribution in [3.8, 4) is 5.75 Å². The Morgan fingerprint density at radius 1 is 1.00 bits per heavy atom. The molecule has 1 unspecified atom stereocenters. The van der Waals surface area contributed by atoms with Gasteiger partial charge in [0.2, 0.25) is 0 Å². The zero-order chi connectivity index (χ0) is 22.0. The molecule has 3 aromatic carbocycles. The number of carbonyl (C=O) groups is 1. The van der Waals surface area contributed by atoms with Gasteiger partial charge in [0.05, 0.1) is 16.9 Å². The predicted octanol–water partition coefficient (Wildman–Crippen LogP) is 5.60. The summed E-state index contributed by atoms with van der Waals surface area (Å²) in [4.78, 5) is 25.7. The molecule has 1 fully saturated rings. The number of carbonyl (C=O) groups excluding carboxylic acids is 1. The highest BCUT2D eigenvalue weighted by atomic mass is 32.2. The topological polar surface area (TPSA) is 72.7 Å². The van der Waals surface area contributed by atoms with Crippen LogP contribution in [0, 0.1) is 10.1 Å². The minimum atomic E-state index is -0.702. The Kier molecular flexibility index (Phi) is 5.52. The first-order valence-corrected chi connectivity index (χ1v) is 10.4. The van der Waals surface area contributed by atoms with E-state index in [1.807, 2.05) is 67.6 Å². The first kappa shape index (κ1) is 20.7. The van der Waals surface area contributed by atoms with Crippen LogP contribution in [-0.4, -0.2) is 17.9 Å². The number of nitro benzene ring substituents is 1. The highest BCUT2D eigenvalue weighted by Crippen LogP contribution is 2.53. The van der Waals surface area contributed by atoms with Gasteiger partial charge >= 0.3 is 0 Å². The van der Waals surface area contributed by atoms with Crippen LogP contribution in [0.3, 0.4) is 0 Å². The lowest BCUT2D eigenvalue weighted by Crippen LogP contribution is -2.39. The molecule has 0 spiro atoms. The van der Waals surface area contributed by atoms with Gasteiger partial charge < -0.3 is 4.74 Å². The fourth-order valence-electron chi connectivity index (χ4n) is 3.57. The van der Waals surface area contributed by atoms with Crippen LogP contribution in [0.15, 0.2) is 83.8 Å². The Balaban J connectivity index is 1.78. The second-order valence-corrected chi connectivity index (χ2v) is 8.59. The van der Waals surface area contributed by atoms with Crippen molar-refractivity contribution in [3.05, 3.63) is 105 Å². The lowest BCUT2D eigenvalue weighted by atomic mass is 10.0. The van der Waals surface area contributed by atoms with Gasteiger partial charge in [-0.1, -0.05) is 54.2 Å². The van der Waals surface area contributed by atoms with Crippen LogP contribution in [0.4, 0.5) is 11.4 Å². The molecule has 0 radical (unpaired) electrons. The number of amides is 1. The molecular formula is C24H20N2O4S. The number of methoxy groups -OCH3 is 1. The maximum atomic E-state index is 13.5. The summed E-state index contributed by atoms with van der Waals surface area (Å²) in [6, 6.07) is 23.3. The fourth-order valence-corrected chi connectivity index (χ4v) is 4.91. The monoisotopic (exact) mass is 432 g/mol. The molecule has 3 aromatic rings. The predicted molar refractivity (Wildman–Crippen MR) is 123 cm³/mol. The van der Waals surface area contributed by atoms with E-state index in [-0.39, 0.29) is 11.6 Å². The second-order valence-electron chi connectivity index (χ2n) is 7.15. The number of anilines is 1. The van der Waals surface area contributed by atoms with E-state index in [1.54, 1.807) is 24.1 Å². The molecule has 0 saturated carbocycles. The Morgan fingerprint density at radius 3 is 2.23 bits per heavy atom. The summed E-state index contributed by atoms with van der Waals surface area (Å²) >= 11 is 1.46. The van der Waals surface area contributed by atoms with E-state index in [1.165, 1.54) is 23.9 Å². The Bertz CT molecular complexity index is 1140. The van der Waals surface area contributed by atoms with E-state index in [9.17, 15) is 14.9 Å². The molecule has 1 amide bonds. The van der Waals surface area contributed by atoms with Gasteiger partial charge in [-0.05, 0) is 48.4 Å². The van der Waals surface area contributed by atoms with Gasteiger partial charge in [-0.25, -0.2) is 0 Å². The quantitative estimate of drug-likeness (QED) is 0.298. The van der Waals surface area contributed by atoms with Gasteiger partial charge in [0.15, 0.2) is 0 Å². The minimum Gasteiger partial charge on any atom is -0.497 e. The molecule has 1 aliphatic rings. The summed E-state index contributed by atoms with van der Waals surface area (Å²) in [7, 11) is 1.61. The van der Waals surface area contributed by atoms with Gasteiger partial charge in [-0.15, -0.1) is 0 Å². The van der Waals surface area contributed by atoms with Gasteiger partial charge in [0, 0.05) is 17.8 Å². The van der Waals surface area contributed by atoms with Crippen molar-refractivity contribution in [3.63, 3.8) is 0 Å².